The van der Waals surface area contributed by atoms with Crippen LogP contribution in [-0.2, 0) is 13.2 Å². The van der Waals surface area contributed by atoms with Crippen molar-refractivity contribution in [1.82, 2.24) is 0 Å². The molecule has 3 aromatic rings. The van der Waals surface area contributed by atoms with E-state index in [2.05, 4.69) is 5.32 Å². The van der Waals surface area contributed by atoms with Crippen LogP contribution in [0.25, 0.3) is 0 Å². The summed E-state index contributed by atoms with van der Waals surface area (Å²) in [4.78, 5) is 0. The Balaban J connectivity index is 1.71. The van der Waals surface area contributed by atoms with Gasteiger partial charge in [-0.3, -0.25) is 0 Å². The third kappa shape index (κ3) is 5.46. The smallest absolute Gasteiger partial charge is 0.163 e. The molecule has 1 N–H and O–H groups in total. The summed E-state index contributed by atoms with van der Waals surface area (Å²) in [6, 6.07) is 18.7. The lowest BCUT2D eigenvalue weighted by Crippen LogP contribution is -2.03. The van der Waals surface area contributed by atoms with Gasteiger partial charge >= 0.3 is 0 Å². The molecule has 0 fully saturated rings. The van der Waals surface area contributed by atoms with Crippen LogP contribution in [0.3, 0.4) is 0 Å². The second kappa shape index (κ2) is 9.23. The van der Waals surface area contributed by atoms with Gasteiger partial charge in [-0.1, -0.05) is 46.9 Å². The molecule has 0 spiro atoms. The van der Waals surface area contributed by atoms with Crippen LogP contribution in [0, 0.1) is 0 Å². The Morgan fingerprint density at radius 3 is 2.33 bits per heavy atom. The third-order valence-electron chi connectivity index (χ3n) is 3.94. The Morgan fingerprint density at radius 1 is 0.852 bits per heavy atom. The molecule has 0 aliphatic heterocycles. The molecule has 3 aromatic carbocycles. The van der Waals surface area contributed by atoms with E-state index < -0.39 is 0 Å². The van der Waals surface area contributed by atoms with Crippen LogP contribution in [0.5, 0.6) is 11.5 Å². The van der Waals surface area contributed by atoms with E-state index in [9.17, 15) is 0 Å². The van der Waals surface area contributed by atoms with Crippen molar-refractivity contribution < 1.29 is 9.47 Å². The molecule has 6 heteroatoms. The maximum atomic E-state index is 6.44. The van der Waals surface area contributed by atoms with Gasteiger partial charge in [0.05, 0.1) is 7.11 Å². The summed E-state index contributed by atoms with van der Waals surface area (Å²) in [7, 11) is 1.60. The lowest BCUT2D eigenvalue weighted by atomic mass is 10.2. The van der Waals surface area contributed by atoms with Crippen molar-refractivity contribution in [1.29, 1.82) is 0 Å². The fraction of sp³-hybridized carbons (Fsp3) is 0.143. The lowest BCUT2D eigenvalue weighted by Gasteiger charge is -2.15. The van der Waals surface area contributed by atoms with Crippen molar-refractivity contribution in [3.05, 3.63) is 86.9 Å². The number of hydrogen-bond donors (Lipinski definition) is 1. The zero-order valence-corrected chi connectivity index (χ0v) is 16.9. The van der Waals surface area contributed by atoms with Crippen LogP contribution in [-0.4, -0.2) is 7.11 Å². The topological polar surface area (TPSA) is 30.5 Å². The van der Waals surface area contributed by atoms with Gasteiger partial charge in [0, 0.05) is 33.4 Å². The molecule has 0 aliphatic carbocycles. The van der Waals surface area contributed by atoms with E-state index in [1.807, 2.05) is 54.6 Å². The number of methoxy groups -OCH3 is 1. The van der Waals surface area contributed by atoms with E-state index in [4.69, 9.17) is 44.3 Å². The van der Waals surface area contributed by atoms with Gasteiger partial charge in [-0.05, 0) is 53.6 Å². The SMILES string of the molecule is COc1cc(CNc2ccc(Cl)cc2)c(Cl)cc1OCc1cccc(Cl)c1. The van der Waals surface area contributed by atoms with Crippen molar-refractivity contribution in [2.24, 2.45) is 0 Å². The number of halogens is 3. The lowest BCUT2D eigenvalue weighted by molar-refractivity contribution is 0.284. The van der Waals surface area contributed by atoms with Crippen LogP contribution in [0.4, 0.5) is 5.69 Å². The van der Waals surface area contributed by atoms with Gasteiger partial charge < -0.3 is 14.8 Å². The van der Waals surface area contributed by atoms with Crippen molar-refractivity contribution in [2.45, 2.75) is 13.2 Å². The Kier molecular flexibility index (Phi) is 6.73. The van der Waals surface area contributed by atoms with Crippen LogP contribution in [0.15, 0.2) is 60.7 Å². The molecule has 0 radical (unpaired) electrons. The highest BCUT2D eigenvalue weighted by atomic mass is 35.5. The molecule has 27 heavy (non-hydrogen) atoms. The minimum atomic E-state index is 0.371. The summed E-state index contributed by atoms with van der Waals surface area (Å²) in [6.45, 7) is 0.918. The first-order valence-corrected chi connectivity index (χ1v) is 9.41. The first-order valence-electron chi connectivity index (χ1n) is 8.28. The van der Waals surface area contributed by atoms with Gasteiger partial charge in [-0.15, -0.1) is 0 Å². The van der Waals surface area contributed by atoms with E-state index in [1.165, 1.54) is 0 Å². The molecule has 3 nitrogen and oxygen atoms in total. The highest BCUT2D eigenvalue weighted by Crippen LogP contribution is 2.34. The normalized spacial score (nSPS) is 10.5. The molecule has 0 unspecified atom stereocenters. The standard InChI is InChI=1S/C21H18Cl3NO2/c1-26-20-10-15(12-25-18-7-5-16(22)6-8-18)19(24)11-21(20)27-13-14-3-2-4-17(23)9-14/h2-11,25H,12-13H2,1H3. The van der Waals surface area contributed by atoms with Crippen LogP contribution in [0.1, 0.15) is 11.1 Å². The molecule has 0 heterocycles. The number of ether oxygens (including phenoxy) is 2. The second-order valence-corrected chi connectivity index (χ2v) is 7.15. The van der Waals surface area contributed by atoms with Crippen LogP contribution >= 0.6 is 34.8 Å². The molecule has 0 aliphatic rings. The fourth-order valence-electron chi connectivity index (χ4n) is 2.54. The van der Waals surface area contributed by atoms with E-state index in [0.29, 0.717) is 39.7 Å². The van der Waals surface area contributed by atoms with Crippen molar-refractivity contribution in [3.8, 4) is 11.5 Å². The average Bonchev–Trinajstić information content (AvgIpc) is 2.67. The summed E-state index contributed by atoms with van der Waals surface area (Å²) >= 11 is 18.4. The highest BCUT2D eigenvalue weighted by molar-refractivity contribution is 6.31. The van der Waals surface area contributed by atoms with Crippen LogP contribution < -0.4 is 14.8 Å². The molecule has 0 saturated carbocycles. The quantitative estimate of drug-likeness (QED) is 0.452. The predicted molar refractivity (Wildman–Crippen MR) is 113 cm³/mol. The maximum absolute atomic E-state index is 6.44. The molecule has 0 bridgehead atoms. The average molecular weight is 423 g/mol. The monoisotopic (exact) mass is 421 g/mol. The van der Waals surface area contributed by atoms with Gasteiger partial charge in [0.2, 0.25) is 0 Å². The molecule has 0 amide bonds. The molecule has 0 atom stereocenters. The second-order valence-electron chi connectivity index (χ2n) is 5.87. The van der Waals surface area contributed by atoms with E-state index in [1.54, 1.807) is 13.2 Å². The number of anilines is 1. The molecule has 140 valence electrons. The summed E-state index contributed by atoms with van der Waals surface area (Å²) < 4.78 is 11.3. The van der Waals surface area contributed by atoms with Crippen molar-refractivity contribution >= 4 is 40.5 Å². The van der Waals surface area contributed by atoms with Crippen LogP contribution in [0.2, 0.25) is 15.1 Å². The molecule has 0 saturated heterocycles. The highest BCUT2D eigenvalue weighted by Gasteiger charge is 2.11. The van der Waals surface area contributed by atoms with Crippen molar-refractivity contribution in [2.75, 3.05) is 12.4 Å². The van der Waals surface area contributed by atoms with Gasteiger partial charge in [0.25, 0.3) is 0 Å². The van der Waals surface area contributed by atoms with Gasteiger partial charge in [-0.2, -0.15) is 0 Å². The minimum Gasteiger partial charge on any atom is -0.493 e. The predicted octanol–water partition coefficient (Wildman–Crippen LogP) is 6.85. The van der Waals surface area contributed by atoms with Crippen molar-refractivity contribution in [3.63, 3.8) is 0 Å². The maximum Gasteiger partial charge on any atom is 0.163 e. The summed E-state index contributed by atoms with van der Waals surface area (Å²) in [5, 5.41) is 5.27. The summed E-state index contributed by atoms with van der Waals surface area (Å²) in [5.41, 5.74) is 2.82. The Bertz CT molecular complexity index is 914. The summed E-state index contributed by atoms with van der Waals surface area (Å²) in [5.74, 6) is 1.20. The first-order chi connectivity index (χ1) is 13.0. The van der Waals surface area contributed by atoms with E-state index in [0.717, 1.165) is 16.8 Å². The molecule has 3 rings (SSSR count). The largest absolute Gasteiger partial charge is 0.493 e. The first kappa shape index (κ1) is 19.7. The number of benzene rings is 3. The third-order valence-corrected chi connectivity index (χ3v) is 4.78. The number of hydrogen-bond acceptors (Lipinski definition) is 3. The molecular formula is C21H18Cl3NO2. The van der Waals surface area contributed by atoms with Gasteiger partial charge in [0.15, 0.2) is 11.5 Å². The van der Waals surface area contributed by atoms with E-state index >= 15 is 0 Å². The number of nitrogens with one attached hydrogen (secondary N) is 1. The summed E-state index contributed by atoms with van der Waals surface area (Å²) in [6.07, 6.45) is 0. The van der Waals surface area contributed by atoms with Gasteiger partial charge in [-0.25, -0.2) is 0 Å². The van der Waals surface area contributed by atoms with E-state index in [-0.39, 0.29) is 0 Å². The fourth-order valence-corrected chi connectivity index (χ4v) is 3.10. The molecule has 0 aromatic heterocycles. The Hall–Kier alpha value is -2.07. The number of rotatable bonds is 7. The molecular weight excluding hydrogens is 405 g/mol. The Morgan fingerprint density at radius 2 is 1.63 bits per heavy atom. The zero-order chi connectivity index (χ0) is 19.2. The minimum absolute atomic E-state index is 0.371. The zero-order valence-electron chi connectivity index (χ0n) is 14.6. The van der Waals surface area contributed by atoms with Gasteiger partial charge in [0.1, 0.15) is 6.61 Å². The Labute approximate surface area is 173 Å².